The van der Waals surface area contributed by atoms with E-state index in [0.717, 1.165) is 0 Å². The van der Waals surface area contributed by atoms with Crippen LogP contribution in [-0.4, -0.2) is 33.2 Å². The predicted molar refractivity (Wildman–Crippen MR) is 63.1 cm³/mol. The zero-order chi connectivity index (χ0) is 14.3. The molecule has 100 valence electrons. The lowest BCUT2D eigenvalue weighted by molar-refractivity contribution is -0.151. The van der Waals surface area contributed by atoms with Gasteiger partial charge in [-0.05, 0) is 6.42 Å². The van der Waals surface area contributed by atoms with Crippen molar-refractivity contribution in [2.45, 2.75) is 20.3 Å². The Morgan fingerprint density at radius 1 is 1.11 bits per heavy atom. The van der Waals surface area contributed by atoms with Crippen molar-refractivity contribution >= 4 is 17.9 Å². The average Bonchev–Trinajstić information content (AvgIpc) is 2.27. The van der Waals surface area contributed by atoms with Crippen LogP contribution in [0.4, 0.5) is 0 Å². The normalized spacial score (nSPS) is 15.3. The molecule has 0 aliphatic rings. The predicted octanol–water partition coefficient (Wildman–Crippen LogP) is 1.39. The number of allylic oxidation sites excluding steroid dienone is 2. The first kappa shape index (κ1) is 15.9. The van der Waals surface area contributed by atoms with Gasteiger partial charge in [0.1, 0.15) is 0 Å². The summed E-state index contributed by atoms with van der Waals surface area (Å²) in [6.07, 6.45) is 4.02. The van der Waals surface area contributed by atoms with Crippen LogP contribution in [0.15, 0.2) is 23.8 Å². The van der Waals surface area contributed by atoms with Gasteiger partial charge in [0.25, 0.3) is 0 Å². The first-order chi connectivity index (χ1) is 8.31. The fraction of sp³-hybridized carbons (Fsp3) is 0.417. The smallest absolute Gasteiger partial charge is 0.331 e. The Morgan fingerprint density at radius 2 is 1.67 bits per heavy atom. The topological polar surface area (TPSA) is 112 Å². The fourth-order valence-electron chi connectivity index (χ4n) is 1.25. The molecule has 0 aromatic heterocycles. The van der Waals surface area contributed by atoms with Crippen molar-refractivity contribution in [1.29, 1.82) is 0 Å². The Labute approximate surface area is 104 Å². The molecular formula is C12H16O6. The lowest BCUT2D eigenvalue weighted by Crippen LogP contribution is -2.25. The molecule has 0 amide bonds. The van der Waals surface area contributed by atoms with Crippen LogP contribution in [0.5, 0.6) is 0 Å². The van der Waals surface area contributed by atoms with E-state index in [-0.39, 0.29) is 5.57 Å². The Bertz CT molecular complexity index is 393. The van der Waals surface area contributed by atoms with Crippen LogP contribution in [0.1, 0.15) is 20.3 Å². The van der Waals surface area contributed by atoms with Crippen molar-refractivity contribution in [2.75, 3.05) is 0 Å². The zero-order valence-corrected chi connectivity index (χ0v) is 10.2. The molecule has 0 bridgehead atoms. The average molecular weight is 256 g/mol. The number of carboxylic acid groups (broad SMARTS) is 3. The van der Waals surface area contributed by atoms with Crippen molar-refractivity contribution in [1.82, 2.24) is 0 Å². The quantitative estimate of drug-likeness (QED) is 0.468. The van der Waals surface area contributed by atoms with Crippen LogP contribution in [0, 0.1) is 11.8 Å². The number of carboxylic acids is 3. The van der Waals surface area contributed by atoms with Gasteiger partial charge < -0.3 is 15.3 Å². The molecule has 6 heteroatoms. The number of rotatable bonds is 7. The molecule has 0 unspecified atom stereocenters. The van der Waals surface area contributed by atoms with E-state index in [9.17, 15) is 14.4 Å². The molecule has 0 aromatic rings. The van der Waals surface area contributed by atoms with E-state index in [1.807, 2.05) is 0 Å². The molecule has 6 nitrogen and oxygen atoms in total. The highest BCUT2D eigenvalue weighted by molar-refractivity contribution is 5.87. The summed E-state index contributed by atoms with van der Waals surface area (Å²) in [5, 5.41) is 26.3. The second kappa shape index (κ2) is 7.26. The van der Waals surface area contributed by atoms with Crippen molar-refractivity contribution in [3.05, 3.63) is 23.8 Å². The number of aliphatic carboxylic acids is 3. The van der Waals surface area contributed by atoms with Gasteiger partial charge in [0.15, 0.2) is 0 Å². The Morgan fingerprint density at radius 3 is 2.00 bits per heavy atom. The largest absolute Gasteiger partial charge is 0.481 e. The Kier molecular flexibility index (Phi) is 6.41. The molecule has 3 N–H and O–H groups in total. The van der Waals surface area contributed by atoms with Gasteiger partial charge in [0, 0.05) is 5.57 Å². The molecule has 2 atom stereocenters. The molecular weight excluding hydrogens is 240 g/mol. The summed E-state index contributed by atoms with van der Waals surface area (Å²) >= 11 is 0. The minimum Gasteiger partial charge on any atom is -0.481 e. The van der Waals surface area contributed by atoms with Crippen LogP contribution < -0.4 is 0 Å². The molecule has 0 heterocycles. The summed E-state index contributed by atoms with van der Waals surface area (Å²) < 4.78 is 0. The van der Waals surface area contributed by atoms with E-state index in [0.29, 0.717) is 6.42 Å². The zero-order valence-electron chi connectivity index (χ0n) is 10.2. The number of carbonyl (C=O) groups is 3. The summed E-state index contributed by atoms with van der Waals surface area (Å²) in [5.41, 5.74) is 0.123. The second-order valence-electron chi connectivity index (χ2n) is 3.73. The third-order valence-electron chi connectivity index (χ3n) is 2.48. The van der Waals surface area contributed by atoms with Gasteiger partial charge in [0.2, 0.25) is 0 Å². The van der Waals surface area contributed by atoms with Crippen LogP contribution in [0.2, 0.25) is 0 Å². The van der Waals surface area contributed by atoms with E-state index in [4.69, 9.17) is 15.3 Å². The highest BCUT2D eigenvalue weighted by atomic mass is 16.4. The standard InChI is InChI=1S/C12H16O6/c1-3-8(11(15)16)5-4-6-9(12(17)18)7(2)10(13)14/h4-7,9H,3H2,1-2H3,(H,13,14)(H,15,16)(H,17,18)/b6-4+,8-5+/t7-,9-/m1/s1. The Hall–Kier alpha value is -2.11. The summed E-state index contributed by atoms with van der Waals surface area (Å²) in [6, 6.07) is 0. The van der Waals surface area contributed by atoms with E-state index in [1.165, 1.54) is 25.2 Å². The van der Waals surface area contributed by atoms with Gasteiger partial charge >= 0.3 is 17.9 Å². The summed E-state index contributed by atoms with van der Waals surface area (Å²) in [5.74, 6) is -5.83. The van der Waals surface area contributed by atoms with Crippen molar-refractivity contribution in [2.24, 2.45) is 11.8 Å². The van der Waals surface area contributed by atoms with Gasteiger partial charge in [-0.2, -0.15) is 0 Å². The minimum atomic E-state index is -1.26. The summed E-state index contributed by atoms with van der Waals surface area (Å²) in [6.45, 7) is 2.94. The van der Waals surface area contributed by atoms with Crippen molar-refractivity contribution < 1.29 is 29.7 Å². The monoisotopic (exact) mass is 256 g/mol. The highest BCUT2D eigenvalue weighted by Gasteiger charge is 2.27. The maximum absolute atomic E-state index is 10.9. The first-order valence-corrected chi connectivity index (χ1v) is 5.37. The lowest BCUT2D eigenvalue weighted by atomic mass is 9.93. The maximum atomic E-state index is 10.9. The van der Waals surface area contributed by atoms with Crippen LogP contribution >= 0.6 is 0 Å². The molecule has 0 saturated heterocycles. The molecule has 0 aromatic carbocycles. The maximum Gasteiger partial charge on any atom is 0.331 e. The first-order valence-electron chi connectivity index (χ1n) is 5.37. The van der Waals surface area contributed by atoms with Crippen molar-refractivity contribution in [3.63, 3.8) is 0 Å². The summed E-state index contributed by atoms with van der Waals surface area (Å²) in [7, 11) is 0. The fourth-order valence-corrected chi connectivity index (χ4v) is 1.25. The van der Waals surface area contributed by atoms with Gasteiger partial charge in [-0.25, -0.2) is 4.79 Å². The molecule has 0 aliphatic carbocycles. The third kappa shape index (κ3) is 4.82. The van der Waals surface area contributed by atoms with E-state index in [2.05, 4.69) is 0 Å². The van der Waals surface area contributed by atoms with Crippen LogP contribution in [0.25, 0.3) is 0 Å². The molecule has 0 rings (SSSR count). The van der Waals surface area contributed by atoms with Gasteiger partial charge in [0.05, 0.1) is 11.8 Å². The van der Waals surface area contributed by atoms with Gasteiger partial charge in [-0.3, -0.25) is 9.59 Å². The molecule has 0 radical (unpaired) electrons. The van der Waals surface area contributed by atoms with Gasteiger partial charge in [-0.1, -0.05) is 32.1 Å². The highest BCUT2D eigenvalue weighted by Crippen LogP contribution is 2.14. The van der Waals surface area contributed by atoms with Crippen LogP contribution in [0.3, 0.4) is 0 Å². The molecule has 18 heavy (non-hydrogen) atoms. The SMILES string of the molecule is CC/C(=C\C=C\[C@@H](C(=O)O)[C@@H](C)C(=O)O)C(=O)O. The number of hydrogen-bond acceptors (Lipinski definition) is 3. The Balaban J connectivity index is 4.95. The second-order valence-corrected chi connectivity index (χ2v) is 3.73. The lowest BCUT2D eigenvalue weighted by Gasteiger charge is -2.11. The van der Waals surface area contributed by atoms with E-state index in [1.54, 1.807) is 6.92 Å². The van der Waals surface area contributed by atoms with E-state index >= 15 is 0 Å². The molecule has 0 aliphatic heterocycles. The number of hydrogen-bond donors (Lipinski definition) is 3. The third-order valence-corrected chi connectivity index (χ3v) is 2.48. The molecule has 0 saturated carbocycles. The van der Waals surface area contributed by atoms with Crippen LogP contribution in [-0.2, 0) is 14.4 Å². The van der Waals surface area contributed by atoms with E-state index < -0.39 is 29.7 Å². The molecule has 0 spiro atoms. The molecule has 0 fully saturated rings. The minimum absolute atomic E-state index is 0.123. The van der Waals surface area contributed by atoms with Crippen molar-refractivity contribution in [3.8, 4) is 0 Å². The summed E-state index contributed by atoms with van der Waals surface area (Å²) in [4.78, 5) is 32.2. The van der Waals surface area contributed by atoms with Gasteiger partial charge in [-0.15, -0.1) is 0 Å².